The first-order chi connectivity index (χ1) is 16.7. The number of imidazole rings is 1. The Bertz CT molecular complexity index is 1380. The molecule has 4 rings (SSSR count). The number of halogens is 10. The molecule has 3 nitrogen and oxygen atoms in total. The second kappa shape index (κ2) is 8.64. The lowest BCUT2D eigenvalue weighted by atomic mass is 9.98. The van der Waals surface area contributed by atoms with Gasteiger partial charge in [0.05, 0.1) is 46.8 Å². The molecule has 0 saturated heterocycles. The highest BCUT2D eigenvalue weighted by molar-refractivity contribution is 5.77. The summed E-state index contributed by atoms with van der Waals surface area (Å²) >= 11 is 0. The number of nitrogens with zero attached hydrogens (tertiary/aromatic N) is 3. The Balaban J connectivity index is 1.96. The van der Waals surface area contributed by atoms with E-state index in [1.807, 2.05) is 0 Å². The van der Waals surface area contributed by atoms with Gasteiger partial charge in [-0.25, -0.2) is 9.37 Å². The molecule has 0 aliphatic carbocycles. The van der Waals surface area contributed by atoms with Crippen LogP contribution in [0.2, 0.25) is 0 Å². The molecule has 2 aromatic carbocycles. The summed E-state index contributed by atoms with van der Waals surface area (Å²) in [5.74, 6) is -1.16. The molecule has 0 aliphatic rings. The second-order valence-corrected chi connectivity index (χ2v) is 7.52. The fraction of sp³-hybridized carbons (Fsp3) is 0.130. The van der Waals surface area contributed by atoms with Gasteiger partial charge in [-0.2, -0.15) is 39.5 Å². The van der Waals surface area contributed by atoms with Gasteiger partial charge in [-0.05, 0) is 42.0 Å². The molecule has 188 valence electrons. The number of pyridine rings is 1. The summed E-state index contributed by atoms with van der Waals surface area (Å²) in [5.41, 5.74) is -6.12. The first-order valence-electron chi connectivity index (χ1n) is 9.80. The van der Waals surface area contributed by atoms with Crippen LogP contribution in [-0.4, -0.2) is 14.5 Å². The maximum Gasteiger partial charge on any atom is 0.417 e. The van der Waals surface area contributed by atoms with Gasteiger partial charge < -0.3 is 0 Å². The zero-order valence-electron chi connectivity index (χ0n) is 17.5. The molecule has 2 aromatic heterocycles. The maximum atomic E-state index is 13.6. The lowest BCUT2D eigenvalue weighted by Gasteiger charge is -2.18. The first-order valence-corrected chi connectivity index (χ1v) is 9.80. The van der Waals surface area contributed by atoms with Crippen LogP contribution in [-0.2, 0) is 18.5 Å². The minimum atomic E-state index is -5.12. The van der Waals surface area contributed by atoms with Crippen LogP contribution in [0.15, 0.2) is 67.4 Å². The Kier molecular flexibility index (Phi) is 6.05. The average molecular weight is 519 g/mol. The van der Waals surface area contributed by atoms with E-state index in [2.05, 4.69) is 9.97 Å². The molecule has 0 spiro atoms. The Hall–Kier alpha value is -3.90. The summed E-state index contributed by atoms with van der Waals surface area (Å²) in [7, 11) is 0. The second-order valence-electron chi connectivity index (χ2n) is 7.52. The minimum absolute atomic E-state index is 0.0478. The third-order valence-corrected chi connectivity index (χ3v) is 5.16. The SMILES string of the molecule is Fc1ccc(-c2ccncc2-n2cncc2-c2cc(C(F)(F)F)cc(C(F)(F)F)c2)c(C(F)(F)F)c1. The molecule has 0 N–H and O–H groups in total. The van der Waals surface area contributed by atoms with Crippen molar-refractivity contribution in [3.63, 3.8) is 0 Å². The van der Waals surface area contributed by atoms with E-state index >= 15 is 0 Å². The Morgan fingerprint density at radius 3 is 1.86 bits per heavy atom. The summed E-state index contributed by atoms with van der Waals surface area (Å²) in [5, 5.41) is 0. The van der Waals surface area contributed by atoms with Gasteiger partial charge in [0.15, 0.2) is 0 Å². The van der Waals surface area contributed by atoms with Crippen LogP contribution in [0.3, 0.4) is 0 Å². The molecule has 0 fully saturated rings. The fourth-order valence-corrected chi connectivity index (χ4v) is 3.60. The van der Waals surface area contributed by atoms with Gasteiger partial charge in [-0.15, -0.1) is 0 Å². The summed E-state index contributed by atoms with van der Waals surface area (Å²) in [6, 6.07) is 3.96. The zero-order valence-corrected chi connectivity index (χ0v) is 17.5. The molecule has 13 heteroatoms. The van der Waals surface area contributed by atoms with Crippen molar-refractivity contribution in [1.29, 1.82) is 0 Å². The van der Waals surface area contributed by atoms with Crippen LogP contribution in [0.25, 0.3) is 28.1 Å². The van der Waals surface area contributed by atoms with Gasteiger partial charge in [0, 0.05) is 17.3 Å². The molecule has 0 atom stereocenters. The highest BCUT2D eigenvalue weighted by Crippen LogP contribution is 2.42. The van der Waals surface area contributed by atoms with E-state index in [0.717, 1.165) is 47.7 Å². The van der Waals surface area contributed by atoms with Crippen molar-refractivity contribution in [2.45, 2.75) is 18.5 Å². The number of aromatic nitrogens is 3. The van der Waals surface area contributed by atoms with Crippen molar-refractivity contribution in [2.24, 2.45) is 0 Å². The summed E-state index contributed by atoms with van der Waals surface area (Å²) in [6.07, 6.45) is -11.1. The topological polar surface area (TPSA) is 30.7 Å². The molecular formula is C23H11F10N3. The molecule has 0 saturated carbocycles. The van der Waals surface area contributed by atoms with Gasteiger partial charge in [0.1, 0.15) is 5.82 Å². The van der Waals surface area contributed by atoms with E-state index in [0.29, 0.717) is 12.1 Å². The minimum Gasteiger partial charge on any atom is -0.297 e. The first kappa shape index (κ1) is 25.2. The summed E-state index contributed by atoms with van der Waals surface area (Å²) in [6.45, 7) is 0. The molecular weight excluding hydrogens is 508 g/mol. The van der Waals surface area contributed by atoms with Crippen molar-refractivity contribution in [3.8, 4) is 28.1 Å². The van der Waals surface area contributed by atoms with Crippen molar-refractivity contribution < 1.29 is 43.9 Å². The van der Waals surface area contributed by atoms with Gasteiger partial charge >= 0.3 is 18.5 Å². The van der Waals surface area contributed by atoms with E-state index in [4.69, 9.17) is 0 Å². The van der Waals surface area contributed by atoms with E-state index < -0.39 is 52.2 Å². The fourth-order valence-electron chi connectivity index (χ4n) is 3.60. The Morgan fingerprint density at radius 2 is 1.28 bits per heavy atom. The number of alkyl halides is 9. The van der Waals surface area contributed by atoms with Crippen LogP contribution in [0, 0.1) is 5.82 Å². The van der Waals surface area contributed by atoms with Gasteiger partial charge in [0.25, 0.3) is 0 Å². The van der Waals surface area contributed by atoms with E-state index in [1.54, 1.807) is 0 Å². The monoisotopic (exact) mass is 519 g/mol. The molecule has 2 heterocycles. The predicted molar refractivity (Wildman–Crippen MR) is 107 cm³/mol. The molecule has 0 aliphatic heterocycles. The van der Waals surface area contributed by atoms with Gasteiger partial charge in [-0.1, -0.05) is 6.07 Å². The Morgan fingerprint density at radius 1 is 0.639 bits per heavy atom. The largest absolute Gasteiger partial charge is 0.417 e. The van der Waals surface area contributed by atoms with Crippen molar-refractivity contribution in [2.75, 3.05) is 0 Å². The van der Waals surface area contributed by atoms with E-state index in [1.165, 1.54) is 0 Å². The number of benzene rings is 2. The number of rotatable bonds is 3. The lowest BCUT2D eigenvalue weighted by Crippen LogP contribution is -2.11. The molecule has 4 aromatic rings. The van der Waals surface area contributed by atoms with Crippen LogP contribution in [0.5, 0.6) is 0 Å². The predicted octanol–water partition coefficient (Wildman–Crippen LogP) is 7.80. The third kappa shape index (κ3) is 4.90. The standard InChI is InChI=1S/C23H11F10N3/c24-15-1-2-16(18(8-15)23(31,32)33)17-3-4-34-10-20(17)36-11-35-9-19(36)12-5-13(21(25,26)27)7-14(6-12)22(28,29)30/h1-11H. The van der Waals surface area contributed by atoms with Crippen molar-refractivity contribution >= 4 is 0 Å². The number of hydrogen-bond donors (Lipinski definition) is 0. The van der Waals surface area contributed by atoms with Crippen LogP contribution in [0.4, 0.5) is 43.9 Å². The number of hydrogen-bond acceptors (Lipinski definition) is 2. The zero-order chi connectivity index (χ0) is 26.5. The van der Waals surface area contributed by atoms with Crippen molar-refractivity contribution in [1.82, 2.24) is 14.5 Å². The van der Waals surface area contributed by atoms with Crippen LogP contribution < -0.4 is 0 Å². The van der Waals surface area contributed by atoms with E-state index in [9.17, 15) is 43.9 Å². The smallest absolute Gasteiger partial charge is 0.297 e. The van der Waals surface area contributed by atoms with Crippen LogP contribution >= 0.6 is 0 Å². The highest BCUT2D eigenvalue weighted by atomic mass is 19.4. The Labute approximate surface area is 195 Å². The van der Waals surface area contributed by atoms with Crippen molar-refractivity contribution in [3.05, 3.63) is 89.9 Å². The van der Waals surface area contributed by atoms with Crippen LogP contribution in [0.1, 0.15) is 16.7 Å². The highest BCUT2D eigenvalue weighted by Gasteiger charge is 2.38. The normalized spacial score (nSPS) is 12.7. The average Bonchev–Trinajstić information content (AvgIpc) is 3.27. The summed E-state index contributed by atoms with van der Waals surface area (Å²) < 4.78 is 136. The van der Waals surface area contributed by atoms with E-state index in [-0.39, 0.29) is 29.1 Å². The van der Waals surface area contributed by atoms with Gasteiger partial charge in [-0.3, -0.25) is 9.55 Å². The van der Waals surface area contributed by atoms with Gasteiger partial charge in [0.2, 0.25) is 0 Å². The third-order valence-electron chi connectivity index (χ3n) is 5.16. The molecule has 0 bridgehead atoms. The lowest BCUT2D eigenvalue weighted by molar-refractivity contribution is -0.143. The maximum absolute atomic E-state index is 13.6. The summed E-state index contributed by atoms with van der Waals surface area (Å²) in [4.78, 5) is 7.59. The molecule has 36 heavy (non-hydrogen) atoms. The molecule has 0 radical (unpaired) electrons. The molecule has 0 amide bonds. The molecule has 0 unspecified atom stereocenters. The quantitative estimate of drug-likeness (QED) is 0.259.